The van der Waals surface area contributed by atoms with Gasteiger partial charge in [0, 0.05) is 12.8 Å². The van der Waals surface area contributed by atoms with Gasteiger partial charge in [-0.15, -0.1) is 0 Å². The highest BCUT2D eigenvalue weighted by molar-refractivity contribution is 5.79. The predicted molar refractivity (Wildman–Crippen MR) is 84.9 cm³/mol. The molecule has 1 heteroatoms. The Balaban J connectivity index is 1.83. The molecule has 1 unspecified atom stereocenters. The fourth-order valence-electron chi connectivity index (χ4n) is 3.69. The lowest BCUT2D eigenvalue weighted by Crippen LogP contribution is -2.25. The van der Waals surface area contributed by atoms with E-state index in [1.807, 2.05) is 0 Å². The molecule has 0 N–H and O–H groups in total. The minimum absolute atomic E-state index is 0.282. The fraction of sp³-hybridized carbons (Fsp3) is 0.632. The van der Waals surface area contributed by atoms with Crippen molar-refractivity contribution >= 4 is 5.78 Å². The topological polar surface area (TPSA) is 17.1 Å². The van der Waals surface area contributed by atoms with E-state index in [0.717, 1.165) is 19.3 Å². The summed E-state index contributed by atoms with van der Waals surface area (Å²) in [5.74, 6) is 1.16. The van der Waals surface area contributed by atoms with Crippen molar-refractivity contribution in [3.8, 4) is 0 Å². The number of benzene rings is 1. The van der Waals surface area contributed by atoms with Crippen molar-refractivity contribution in [3.05, 3.63) is 35.9 Å². The maximum absolute atomic E-state index is 11.7. The second kappa shape index (κ2) is 7.06. The molecule has 0 aliphatic heterocycles. The van der Waals surface area contributed by atoms with Gasteiger partial charge >= 0.3 is 0 Å². The first-order valence-electron chi connectivity index (χ1n) is 8.19. The molecule has 0 amide bonds. The summed E-state index contributed by atoms with van der Waals surface area (Å²) in [5.41, 5.74) is 1.75. The van der Waals surface area contributed by atoms with Gasteiger partial charge in [0.2, 0.25) is 0 Å². The van der Waals surface area contributed by atoms with E-state index in [9.17, 15) is 4.79 Å². The standard InChI is InChI=1S/C19H28O/c1-3-16(17-9-5-4-6-10-17)11-7-13-19(2)14-8-12-18(20)15-19/h4-6,9-10,16H,3,7-8,11-15H2,1-2H3/t16?,19-/m1/s1. The maximum atomic E-state index is 11.7. The highest BCUT2D eigenvalue weighted by atomic mass is 16.1. The third kappa shape index (κ3) is 4.19. The molecule has 2 atom stereocenters. The fourth-order valence-corrected chi connectivity index (χ4v) is 3.69. The Morgan fingerprint density at radius 2 is 2.00 bits per heavy atom. The lowest BCUT2D eigenvalue weighted by atomic mass is 9.71. The summed E-state index contributed by atoms with van der Waals surface area (Å²) in [6.07, 6.45) is 8.89. The average molecular weight is 272 g/mol. The van der Waals surface area contributed by atoms with Gasteiger partial charge < -0.3 is 0 Å². The number of carbonyl (C=O) groups is 1. The molecule has 1 nitrogen and oxygen atoms in total. The van der Waals surface area contributed by atoms with Crippen LogP contribution in [0.3, 0.4) is 0 Å². The summed E-state index contributed by atoms with van der Waals surface area (Å²) in [6, 6.07) is 10.9. The summed E-state index contributed by atoms with van der Waals surface area (Å²) in [5, 5.41) is 0. The molecule has 1 aliphatic carbocycles. The number of ketones is 1. The van der Waals surface area contributed by atoms with Gasteiger partial charge in [-0.3, -0.25) is 4.79 Å². The first-order valence-corrected chi connectivity index (χ1v) is 8.19. The minimum Gasteiger partial charge on any atom is -0.300 e. The monoisotopic (exact) mass is 272 g/mol. The van der Waals surface area contributed by atoms with Crippen molar-refractivity contribution in [1.82, 2.24) is 0 Å². The zero-order valence-corrected chi connectivity index (χ0v) is 13.0. The molecule has 0 radical (unpaired) electrons. The lowest BCUT2D eigenvalue weighted by molar-refractivity contribution is -0.123. The second-order valence-corrected chi connectivity index (χ2v) is 6.79. The zero-order chi connectivity index (χ0) is 14.4. The molecule has 0 bridgehead atoms. The van der Waals surface area contributed by atoms with Crippen LogP contribution in [0.15, 0.2) is 30.3 Å². The van der Waals surface area contributed by atoms with E-state index in [2.05, 4.69) is 44.2 Å². The molecule has 0 aromatic heterocycles. The molecule has 0 saturated heterocycles. The van der Waals surface area contributed by atoms with Gasteiger partial charge in [0.05, 0.1) is 0 Å². The highest BCUT2D eigenvalue weighted by Crippen LogP contribution is 2.39. The van der Waals surface area contributed by atoms with E-state index >= 15 is 0 Å². The molecule has 0 spiro atoms. The van der Waals surface area contributed by atoms with Crippen LogP contribution in [0.1, 0.15) is 76.7 Å². The number of carbonyl (C=O) groups excluding carboxylic acids is 1. The first-order chi connectivity index (χ1) is 9.63. The Labute approximate surface area is 123 Å². The van der Waals surface area contributed by atoms with E-state index in [4.69, 9.17) is 0 Å². The SMILES string of the molecule is CCC(CCC[C@]1(C)CCCC(=O)C1)c1ccccc1. The largest absolute Gasteiger partial charge is 0.300 e. The molecule has 1 saturated carbocycles. The van der Waals surface area contributed by atoms with E-state index < -0.39 is 0 Å². The number of hydrogen-bond acceptors (Lipinski definition) is 1. The van der Waals surface area contributed by atoms with Gasteiger partial charge in [0.15, 0.2) is 0 Å². The third-order valence-corrected chi connectivity index (χ3v) is 4.96. The quantitative estimate of drug-likeness (QED) is 0.668. The molecule has 2 rings (SSSR count). The van der Waals surface area contributed by atoms with Crippen LogP contribution in [-0.2, 0) is 4.79 Å². The second-order valence-electron chi connectivity index (χ2n) is 6.79. The van der Waals surface area contributed by atoms with Gasteiger partial charge in [-0.2, -0.15) is 0 Å². The Bertz CT molecular complexity index is 423. The smallest absolute Gasteiger partial charge is 0.133 e. The zero-order valence-electron chi connectivity index (χ0n) is 13.0. The van der Waals surface area contributed by atoms with E-state index in [1.54, 1.807) is 0 Å². The summed E-state index contributed by atoms with van der Waals surface area (Å²) >= 11 is 0. The van der Waals surface area contributed by atoms with Gasteiger partial charge in [-0.05, 0) is 49.0 Å². The van der Waals surface area contributed by atoms with Crippen molar-refractivity contribution in [2.75, 3.05) is 0 Å². The lowest BCUT2D eigenvalue weighted by Gasteiger charge is -2.33. The molecule has 110 valence electrons. The van der Waals surface area contributed by atoms with Crippen molar-refractivity contribution in [2.24, 2.45) is 5.41 Å². The molecule has 20 heavy (non-hydrogen) atoms. The van der Waals surface area contributed by atoms with E-state index in [0.29, 0.717) is 11.7 Å². The molecule has 0 heterocycles. The molecular formula is C19H28O. The van der Waals surface area contributed by atoms with Crippen LogP contribution in [0, 0.1) is 5.41 Å². The van der Waals surface area contributed by atoms with Crippen molar-refractivity contribution in [3.63, 3.8) is 0 Å². The minimum atomic E-state index is 0.282. The van der Waals surface area contributed by atoms with Crippen LogP contribution < -0.4 is 0 Å². The van der Waals surface area contributed by atoms with Crippen molar-refractivity contribution < 1.29 is 4.79 Å². The Morgan fingerprint density at radius 3 is 2.65 bits per heavy atom. The van der Waals surface area contributed by atoms with Crippen molar-refractivity contribution in [2.45, 2.75) is 71.1 Å². The van der Waals surface area contributed by atoms with Crippen LogP contribution in [0.4, 0.5) is 0 Å². The summed E-state index contributed by atoms with van der Waals surface area (Å²) < 4.78 is 0. The van der Waals surface area contributed by atoms with E-state index in [-0.39, 0.29) is 5.41 Å². The highest BCUT2D eigenvalue weighted by Gasteiger charge is 2.30. The molecule has 1 fully saturated rings. The maximum Gasteiger partial charge on any atom is 0.133 e. The van der Waals surface area contributed by atoms with Crippen LogP contribution in [0.2, 0.25) is 0 Å². The average Bonchev–Trinajstić information content (AvgIpc) is 2.44. The molecule has 1 aromatic rings. The third-order valence-electron chi connectivity index (χ3n) is 4.96. The van der Waals surface area contributed by atoms with Crippen LogP contribution in [0.25, 0.3) is 0 Å². The number of hydrogen-bond donors (Lipinski definition) is 0. The van der Waals surface area contributed by atoms with Gasteiger partial charge in [-0.1, -0.05) is 50.6 Å². The van der Waals surface area contributed by atoms with Crippen LogP contribution in [0.5, 0.6) is 0 Å². The normalized spacial score (nSPS) is 24.6. The summed E-state index contributed by atoms with van der Waals surface area (Å²) in [7, 11) is 0. The van der Waals surface area contributed by atoms with Crippen LogP contribution in [-0.4, -0.2) is 5.78 Å². The molecule has 1 aliphatic rings. The number of Topliss-reactive ketones (excluding diaryl/α,β-unsaturated/α-hetero) is 1. The predicted octanol–water partition coefficient (Wildman–Crippen LogP) is 5.50. The van der Waals surface area contributed by atoms with E-state index in [1.165, 1.54) is 37.7 Å². The van der Waals surface area contributed by atoms with Gasteiger partial charge in [0.1, 0.15) is 5.78 Å². The first kappa shape index (κ1) is 15.3. The Kier molecular flexibility index (Phi) is 5.39. The van der Waals surface area contributed by atoms with Crippen LogP contribution >= 0.6 is 0 Å². The molecular weight excluding hydrogens is 244 g/mol. The Hall–Kier alpha value is -1.11. The Morgan fingerprint density at radius 1 is 1.25 bits per heavy atom. The van der Waals surface area contributed by atoms with Gasteiger partial charge in [-0.25, -0.2) is 0 Å². The summed E-state index contributed by atoms with van der Waals surface area (Å²) in [6.45, 7) is 4.59. The number of rotatable bonds is 6. The molecule has 1 aromatic carbocycles. The summed E-state index contributed by atoms with van der Waals surface area (Å²) in [4.78, 5) is 11.7. The van der Waals surface area contributed by atoms with Gasteiger partial charge in [0.25, 0.3) is 0 Å². The van der Waals surface area contributed by atoms with Crippen molar-refractivity contribution in [1.29, 1.82) is 0 Å².